The highest BCUT2D eigenvalue weighted by molar-refractivity contribution is 7.13. The average Bonchev–Trinajstić information content (AvgIpc) is 3.34. The minimum atomic E-state index is -0.623. The molecule has 0 unspecified atom stereocenters. The van der Waals surface area contributed by atoms with Gasteiger partial charge in [-0.15, -0.1) is 11.3 Å². The van der Waals surface area contributed by atoms with Gasteiger partial charge in [0.1, 0.15) is 5.92 Å². The molecule has 4 rings (SSSR count). The van der Waals surface area contributed by atoms with Crippen LogP contribution in [0.1, 0.15) is 12.1 Å². The first kappa shape index (κ1) is 17.9. The molecule has 2 saturated heterocycles. The van der Waals surface area contributed by atoms with E-state index in [1.807, 2.05) is 35.7 Å². The lowest BCUT2D eigenvalue weighted by Crippen LogP contribution is -2.37. The van der Waals surface area contributed by atoms with Crippen molar-refractivity contribution >= 4 is 34.0 Å². The van der Waals surface area contributed by atoms with E-state index in [-0.39, 0.29) is 11.8 Å². The Morgan fingerprint density at radius 3 is 2.78 bits per heavy atom. The van der Waals surface area contributed by atoms with Crippen molar-refractivity contribution in [1.29, 1.82) is 0 Å². The fraction of sp³-hybridized carbons (Fsp3) is 0.421. The molecule has 2 fully saturated rings. The van der Waals surface area contributed by atoms with Crippen molar-refractivity contribution in [3.8, 4) is 0 Å². The van der Waals surface area contributed by atoms with Crippen LogP contribution in [0, 0.1) is 5.92 Å². The molecule has 1 aromatic carbocycles. The Labute approximate surface area is 161 Å². The van der Waals surface area contributed by atoms with E-state index in [2.05, 4.69) is 15.2 Å². The SMILES string of the molecule is O=C(NCc1csc(N2CCOCC2)n1)[C@H]1CCN(c2ccccc2)C1=O. The molecule has 1 atom stereocenters. The minimum Gasteiger partial charge on any atom is -0.378 e. The summed E-state index contributed by atoms with van der Waals surface area (Å²) in [6, 6.07) is 9.48. The van der Waals surface area contributed by atoms with Crippen molar-refractivity contribution in [3.63, 3.8) is 0 Å². The molecule has 1 N–H and O–H groups in total. The normalized spacial score (nSPS) is 20.1. The van der Waals surface area contributed by atoms with Crippen molar-refractivity contribution in [2.45, 2.75) is 13.0 Å². The Balaban J connectivity index is 1.32. The quantitative estimate of drug-likeness (QED) is 0.791. The third-order valence-electron chi connectivity index (χ3n) is 4.85. The molecule has 0 aliphatic carbocycles. The Kier molecular flexibility index (Phi) is 5.35. The van der Waals surface area contributed by atoms with Gasteiger partial charge in [0.25, 0.3) is 0 Å². The molecule has 8 heteroatoms. The van der Waals surface area contributed by atoms with Gasteiger partial charge in [0.15, 0.2) is 5.13 Å². The number of aromatic nitrogens is 1. The van der Waals surface area contributed by atoms with Crippen LogP contribution < -0.4 is 15.1 Å². The van der Waals surface area contributed by atoms with Gasteiger partial charge < -0.3 is 19.9 Å². The van der Waals surface area contributed by atoms with Crippen molar-refractivity contribution in [1.82, 2.24) is 10.3 Å². The summed E-state index contributed by atoms with van der Waals surface area (Å²) in [6.45, 7) is 4.02. The van der Waals surface area contributed by atoms with Gasteiger partial charge in [-0.3, -0.25) is 9.59 Å². The van der Waals surface area contributed by atoms with E-state index < -0.39 is 5.92 Å². The second-order valence-corrected chi connectivity index (χ2v) is 7.44. The number of para-hydroxylation sites is 1. The lowest BCUT2D eigenvalue weighted by molar-refractivity contribution is -0.132. The van der Waals surface area contributed by atoms with Crippen molar-refractivity contribution in [2.75, 3.05) is 42.6 Å². The summed E-state index contributed by atoms with van der Waals surface area (Å²) in [6.07, 6.45) is 0.537. The summed E-state index contributed by atoms with van der Waals surface area (Å²) in [5.74, 6) is -0.979. The summed E-state index contributed by atoms with van der Waals surface area (Å²) in [5.41, 5.74) is 1.66. The van der Waals surface area contributed by atoms with Crippen LogP contribution in [-0.2, 0) is 20.9 Å². The zero-order valence-electron chi connectivity index (χ0n) is 15.0. The first-order valence-electron chi connectivity index (χ1n) is 9.13. The van der Waals surface area contributed by atoms with Crippen LogP contribution >= 0.6 is 11.3 Å². The maximum Gasteiger partial charge on any atom is 0.239 e. The maximum absolute atomic E-state index is 12.6. The van der Waals surface area contributed by atoms with Crippen LogP contribution in [0.2, 0.25) is 0 Å². The molecular formula is C19H22N4O3S. The van der Waals surface area contributed by atoms with Crippen molar-refractivity contribution < 1.29 is 14.3 Å². The number of hydrogen-bond acceptors (Lipinski definition) is 6. The van der Waals surface area contributed by atoms with Crippen LogP contribution in [0.15, 0.2) is 35.7 Å². The zero-order chi connectivity index (χ0) is 18.6. The lowest BCUT2D eigenvalue weighted by atomic mass is 10.1. The third kappa shape index (κ3) is 3.96. The largest absolute Gasteiger partial charge is 0.378 e. The average molecular weight is 386 g/mol. The summed E-state index contributed by atoms with van der Waals surface area (Å²) in [4.78, 5) is 33.6. The van der Waals surface area contributed by atoms with Gasteiger partial charge >= 0.3 is 0 Å². The predicted octanol–water partition coefficient (Wildman–Crippen LogP) is 1.65. The van der Waals surface area contributed by atoms with Crippen molar-refractivity contribution in [2.24, 2.45) is 5.92 Å². The molecule has 142 valence electrons. The standard InChI is InChI=1S/C19H22N4O3S/c24-17(16-6-7-23(18(16)25)15-4-2-1-3-5-15)20-12-14-13-27-19(21-14)22-8-10-26-11-9-22/h1-5,13,16H,6-12H2,(H,20,24)/t16-/m1/s1. The highest BCUT2D eigenvalue weighted by Crippen LogP contribution is 2.25. The molecule has 0 saturated carbocycles. The summed E-state index contributed by atoms with van der Waals surface area (Å²) < 4.78 is 5.36. The molecular weight excluding hydrogens is 364 g/mol. The third-order valence-corrected chi connectivity index (χ3v) is 5.81. The molecule has 7 nitrogen and oxygen atoms in total. The molecule has 2 aliphatic rings. The van der Waals surface area contributed by atoms with Gasteiger partial charge in [0.05, 0.1) is 25.5 Å². The summed E-state index contributed by atoms with van der Waals surface area (Å²) in [5, 5.41) is 5.78. The van der Waals surface area contributed by atoms with Crippen LogP contribution in [0.4, 0.5) is 10.8 Å². The first-order valence-corrected chi connectivity index (χ1v) is 10.0. The Morgan fingerprint density at radius 1 is 1.22 bits per heavy atom. The number of anilines is 2. The number of nitrogens with zero attached hydrogens (tertiary/aromatic N) is 3. The highest BCUT2D eigenvalue weighted by atomic mass is 32.1. The molecule has 3 heterocycles. The fourth-order valence-electron chi connectivity index (χ4n) is 3.37. The smallest absolute Gasteiger partial charge is 0.239 e. The minimum absolute atomic E-state index is 0.133. The number of rotatable bonds is 5. The Morgan fingerprint density at radius 2 is 2.00 bits per heavy atom. The number of carbonyl (C=O) groups excluding carboxylic acids is 2. The predicted molar refractivity (Wildman–Crippen MR) is 104 cm³/mol. The van der Waals surface area contributed by atoms with Gasteiger partial charge in [-0.05, 0) is 18.6 Å². The Bertz CT molecular complexity index is 804. The molecule has 2 aliphatic heterocycles. The topological polar surface area (TPSA) is 74.8 Å². The van der Waals surface area contributed by atoms with E-state index in [0.29, 0.717) is 32.7 Å². The van der Waals surface area contributed by atoms with E-state index in [1.54, 1.807) is 16.2 Å². The van der Waals surface area contributed by atoms with Gasteiger partial charge in [0.2, 0.25) is 11.8 Å². The van der Waals surface area contributed by atoms with Crippen molar-refractivity contribution in [3.05, 3.63) is 41.4 Å². The van der Waals surface area contributed by atoms with Crippen LogP contribution in [-0.4, -0.2) is 49.6 Å². The summed E-state index contributed by atoms with van der Waals surface area (Å²) >= 11 is 1.57. The number of carbonyl (C=O) groups is 2. The number of nitrogens with one attached hydrogen (secondary N) is 1. The molecule has 0 radical (unpaired) electrons. The number of ether oxygens (including phenoxy) is 1. The number of amides is 2. The van der Waals surface area contributed by atoms with E-state index in [4.69, 9.17) is 4.74 Å². The van der Waals surface area contributed by atoms with Crippen LogP contribution in [0.3, 0.4) is 0 Å². The maximum atomic E-state index is 12.6. The van der Waals surface area contributed by atoms with E-state index in [0.717, 1.165) is 29.6 Å². The number of hydrogen-bond donors (Lipinski definition) is 1. The number of morpholine rings is 1. The van der Waals surface area contributed by atoms with E-state index in [1.165, 1.54) is 0 Å². The molecule has 27 heavy (non-hydrogen) atoms. The van der Waals surface area contributed by atoms with E-state index >= 15 is 0 Å². The fourth-order valence-corrected chi connectivity index (χ4v) is 4.24. The van der Waals surface area contributed by atoms with Gasteiger partial charge in [-0.25, -0.2) is 4.98 Å². The zero-order valence-corrected chi connectivity index (χ0v) is 15.8. The number of thiazole rings is 1. The number of benzene rings is 1. The van der Waals surface area contributed by atoms with Gasteiger partial charge in [-0.2, -0.15) is 0 Å². The Hall–Kier alpha value is -2.45. The molecule has 1 aromatic heterocycles. The highest BCUT2D eigenvalue weighted by Gasteiger charge is 2.37. The first-order chi connectivity index (χ1) is 13.2. The molecule has 0 bridgehead atoms. The van der Waals surface area contributed by atoms with Gasteiger partial charge in [-0.1, -0.05) is 18.2 Å². The van der Waals surface area contributed by atoms with E-state index in [9.17, 15) is 9.59 Å². The monoisotopic (exact) mass is 386 g/mol. The second kappa shape index (κ2) is 8.06. The van der Waals surface area contributed by atoms with Crippen LogP contribution in [0.5, 0.6) is 0 Å². The molecule has 2 amide bonds. The molecule has 2 aromatic rings. The lowest BCUT2D eigenvalue weighted by Gasteiger charge is -2.26. The summed E-state index contributed by atoms with van der Waals surface area (Å²) in [7, 11) is 0. The molecule has 0 spiro atoms. The van der Waals surface area contributed by atoms with Gasteiger partial charge in [0, 0.05) is 30.7 Å². The van der Waals surface area contributed by atoms with Crippen LogP contribution in [0.25, 0.3) is 0 Å². The second-order valence-electron chi connectivity index (χ2n) is 6.61.